The number of benzene rings is 3. The van der Waals surface area contributed by atoms with Crippen LogP contribution >= 0.6 is 11.6 Å². The SMILES string of the molecule is O=C(Cc1ccc2ccccc2c1)N[C@@H](Cc1ccc(Cl)cc1)C(=O)O. The number of nitrogens with one attached hydrogen (secondary N) is 1. The zero-order valence-electron chi connectivity index (χ0n) is 14.0. The maximum absolute atomic E-state index is 12.3. The van der Waals surface area contributed by atoms with Crippen LogP contribution < -0.4 is 5.32 Å². The van der Waals surface area contributed by atoms with Crippen LogP contribution in [0.15, 0.2) is 66.7 Å². The fourth-order valence-electron chi connectivity index (χ4n) is 2.84. The molecule has 0 unspecified atom stereocenters. The fourth-order valence-corrected chi connectivity index (χ4v) is 2.96. The monoisotopic (exact) mass is 367 g/mol. The Morgan fingerprint density at radius 3 is 2.27 bits per heavy atom. The molecule has 2 N–H and O–H groups in total. The van der Waals surface area contributed by atoms with Crippen LogP contribution in [0.3, 0.4) is 0 Å². The van der Waals surface area contributed by atoms with Crippen LogP contribution in [0.4, 0.5) is 0 Å². The molecule has 0 aliphatic rings. The minimum atomic E-state index is -1.06. The predicted molar refractivity (Wildman–Crippen MR) is 102 cm³/mol. The average Bonchev–Trinajstić information content (AvgIpc) is 2.62. The first-order chi connectivity index (χ1) is 12.5. The van der Waals surface area contributed by atoms with Gasteiger partial charge in [-0.1, -0.05) is 66.2 Å². The van der Waals surface area contributed by atoms with E-state index in [1.807, 2.05) is 42.5 Å². The number of rotatable bonds is 6. The molecule has 1 atom stereocenters. The molecule has 4 nitrogen and oxygen atoms in total. The van der Waals surface area contributed by atoms with Crippen LogP contribution in [-0.4, -0.2) is 23.0 Å². The summed E-state index contributed by atoms with van der Waals surface area (Å²) in [6.45, 7) is 0. The molecule has 0 aliphatic carbocycles. The van der Waals surface area contributed by atoms with Gasteiger partial charge in [-0.05, 0) is 34.0 Å². The van der Waals surface area contributed by atoms with Crippen molar-refractivity contribution < 1.29 is 14.7 Å². The lowest BCUT2D eigenvalue weighted by atomic mass is 10.0. The van der Waals surface area contributed by atoms with Crippen molar-refractivity contribution in [3.8, 4) is 0 Å². The van der Waals surface area contributed by atoms with Gasteiger partial charge in [-0.25, -0.2) is 4.79 Å². The van der Waals surface area contributed by atoms with E-state index in [-0.39, 0.29) is 18.7 Å². The second-order valence-corrected chi connectivity index (χ2v) is 6.58. The van der Waals surface area contributed by atoms with E-state index in [0.29, 0.717) is 5.02 Å². The summed E-state index contributed by atoms with van der Waals surface area (Å²) in [5, 5.41) is 14.7. The Bertz CT molecular complexity index is 937. The summed E-state index contributed by atoms with van der Waals surface area (Å²) in [5.74, 6) is -1.38. The highest BCUT2D eigenvalue weighted by atomic mass is 35.5. The van der Waals surface area contributed by atoms with Crippen molar-refractivity contribution in [3.63, 3.8) is 0 Å². The van der Waals surface area contributed by atoms with Crippen molar-refractivity contribution in [2.45, 2.75) is 18.9 Å². The molecular formula is C21H18ClNO3. The van der Waals surface area contributed by atoms with E-state index in [0.717, 1.165) is 21.9 Å². The number of hydrogen-bond acceptors (Lipinski definition) is 2. The topological polar surface area (TPSA) is 66.4 Å². The smallest absolute Gasteiger partial charge is 0.326 e. The third-order valence-corrected chi connectivity index (χ3v) is 4.42. The molecule has 0 saturated carbocycles. The largest absolute Gasteiger partial charge is 0.480 e. The number of carboxylic acid groups (broad SMARTS) is 1. The lowest BCUT2D eigenvalue weighted by Gasteiger charge is -2.15. The van der Waals surface area contributed by atoms with Gasteiger partial charge >= 0.3 is 5.97 Å². The van der Waals surface area contributed by atoms with Crippen molar-refractivity contribution in [3.05, 3.63) is 82.9 Å². The number of amides is 1. The third-order valence-electron chi connectivity index (χ3n) is 4.16. The summed E-state index contributed by atoms with van der Waals surface area (Å²) < 4.78 is 0. The average molecular weight is 368 g/mol. The summed E-state index contributed by atoms with van der Waals surface area (Å²) in [6.07, 6.45) is 0.338. The van der Waals surface area contributed by atoms with Gasteiger partial charge in [0.1, 0.15) is 6.04 Å². The molecule has 0 aliphatic heterocycles. The van der Waals surface area contributed by atoms with Gasteiger partial charge in [-0.15, -0.1) is 0 Å². The minimum absolute atomic E-state index is 0.134. The summed E-state index contributed by atoms with van der Waals surface area (Å²) in [4.78, 5) is 23.8. The lowest BCUT2D eigenvalue weighted by Crippen LogP contribution is -2.43. The highest BCUT2D eigenvalue weighted by molar-refractivity contribution is 6.30. The maximum atomic E-state index is 12.3. The Hall–Kier alpha value is -2.85. The molecule has 3 aromatic carbocycles. The Morgan fingerprint density at radius 1 is 0.923 bits per heavy atom. The van der Waals surface area contributed by atoms with Crippen molar-refractivity contribution >= 4 is 34.2 Å². The molecule has 1 amide bonds. The predicted octanol–water partition coefficient (Wildman–Crippen LogP) is 3.85. The zero-order valence-corrected chi connectivity index (χ0v) is 14.7. The van der Waals surface area contributed by atoms with Crippen LogP contribution in [0.2, 0.25) is 5.02 Å². The van der Waals surface area contributed by atoms with Gasteiger partial charge in [0.2, 0.25) is 5.91 Å². The van der Waals surface area contributed by atoms with Crippen molar-refractivity contribution in [1.82, 2.24) is 5.32 Å². The van der Waals surface area contributed by atoms with Gasteiger partial charge in [0.15, 0.2) is 0 Å². The molecular weight excluding hydrogens is 350 g/mol. The summed E-state index contributed by atoms with van der Waals surface area (Å²) in [6, 6.07) is 19.6. The number of carboxylic acids is 1. The molecule has 26 heavy (non-hydrogen) atoms. The molecule has 132 valence electrons. The number of hydrogen-bond donors (Lipinski definition) is 2. The van der Waals surface area contributed by atoms with Crippen LogP contribution in [-0.2, 0) is 22.4 Å². The third kappa shape index (κ3) is 4.61. The molecule has 0 spiro atoms. The first kappa shape index (κ1) is 18.0. The fraction of sp³-hybridized carbons (Fsp3) is 0.143. The minimum Gasteiger partial charge on any atom is -0.480 e. The van der Waals surface area contributed by atoms with Gasteiger partial charge in [0, 0.05) is 11.4 Å². The van der Waals surface area contributed by atoms with Crippen molar-refractivity contribution in [2.75, 3.05) is 0 Å². The maximum Gasteiger partial charge on any atom is 0.326 e. The standard InChI is InChI=1S/C21H18ClNO3/c22-18-9-6-14(7-10-18)12-19(21(25)26)23-20(24)13-15-5-8-16-3-1-2-4-17(16)11-15/h1-11,19H,12-13H2,(H,23,24)(H,25,26)/t19-/m0/s1. The number of fused-ring (bicyclic) bond motifs is 1. The highest BCUT2D eigenvalue weighted by Gasteiger charge is 2.20. The second-order valence-electron chi connectivity index (χ2n) is 6.15. The van der Waals surface area contributed by atoms with E-state index < -0.39 is 12.0 Å². The van der Waals surface area contributed by atoms with Crippen LogP contribution in [0.25, 0.3) is 10.8 Å². The van der Waals surface area contributed by atoms with E-state index in [9.17, 15) is 14.7 Å². The molecule has 0 saturated heterocycles. The quantitative estimate of drug-likeness (QED) is 0.695. The zero-order chi connectivity index (χ0) is 18.5. The van der Waals surface area contributed by atoms with Gasteiger partial charge in [-0.2, -0.15) is 0 Å². The second kappa shape index (κ2) is 8.02. The number of aliphatic carboxylic acids is 1. The molecule has 3 aromatic rings. The molecule has 0 aromatic heterocycles. The van der Waals surface area contributed by atoms with E-state index >= 15 is 0 Å². The number of carbonyl (C=O) groups excluding carboxylic acids is 1. The Labute approximate surface area is 156 Å². The van der Waals surface area contributed by atoms with Crippen molar-refractivity contribution in [1.29, 1.82) is 0 Å². The summed E-state index contributed by atoms with van der Waals surface area (Å²) >= 11 is 5.84. The number of carbonyl (C=O) groups is 2. The van der Waals surface area contributed by atoms with Gasteiger partial charge in [0.05, 0.1) is 6.42 Å². The van der Waals surface area contributed by atoms with Gasteiger partial charge in [0.25, 0.3) is 0 Å². The van der Waals surface area contributed by atoms with Crippen LogP contribution in [0.1, 0.15) is 11.1 Å². The lowest BCUT2D eigenvalue weighted by molar-refractivity contribution is -0.141. The molecule has 0 fully saturated rings. The number of halogens is 1. The van der Waals surface area contributed by atoms with E-state index in [1.165, 1.54) is 0 Å². The van der Waals surface area contributed by atoms with E-state index in [4.69, 9.17) is 11.6 Å². The first-order valence-corrected chi connectivity index (χ1v) is 8.63. The Balaban J connectivity index is 1.67. The molecule has 3 rings (SSSR count). The van der Waals surface area contributed by atoms with Crippen LogP contribution in [0, 0.1) is 0 Å². The Morgan fingerprint density at radius 2 is 1.58 bits per heavy atom. The summed E-state index contributed by atoms with van der Waals surface area (Å²) in [7, 11) is 0. The molecule has 0 bridgehead atoms. The van der Waals surface area contributed by atoms with E-state index in [2.05, 4.69) is 5.32 Å². The van der Waals surface area contributed by atoms with E-state index in [1.54, 1.807) is 24.3 Å². The Kier molecular flexibility index (Phi) is 5.54. The molecule has 0 heterocycles. The highest BCUT2D eigenvalue weighted by Crippen LogP contribution is 2.16. The van der Waals surface area contributed by atoms with Crippen LogP contribution in [0.5, 0.6) is 0 Å². The summed E-state index contributed by atoms with van der Waals surface area (Å²) in [5.41, 5.74) is 1.64. The first-order valence-electron chi connectivity index (χ1n) is 8.25. The van der Waals surface area contributed by atoms with Crippen molar-refractivity contribution in [2.24, 2.45) is 0 Å². The normalized spacial score (nSPS) is 11.9. The van der Waals surface area contributed by atoms with Gasteiger partial charge in [-0.3, -0.25) is 4.79 Å². The molecule has 5 heteroatoms. The van der Waals surface area contributed by atoms with Gasteiger partial charge < -0.3 is 10.4 Å². The molecule has 0 radical (unpaired) electrons.